The van der Waals surface area contributed by atoms with E-state index < -0.39 is 0 Å². The number of carbonyl (C=O) groups excluding carboxylic acids is 1. The van der Waals surface area contributed by atoms with Crippen LogP contribution >= 0.6 is 23.2 Å². The number of nitrogens with zero attached hydrogens (tertiary/aromatic N) is 8. The van der Waals surface area contributed by atoms with Crippen LogP contribution in [0.25, 0.3) is 16.7 Å². The van der Waals surface area contributed by atoms with E-state index in [2.05, 4.69) is 43.9 Å². The van der Waals surface area contributed by atoms with Crippen molar-refractivity contribution in [2.24, 2.45) is 0 Å². The van der Waals surface area contributed by atoms with Crippen LogP contribution in [-0.2, 0) is 11.2 Å². The van der Waals surface area contributed by atoms with Gasteiger partial charge in [0.05, 0.1) is 31.3 Å². The lowest BCUT2D eigenvalue weighted by molar-refractivity contribution is -0.127. The van der Waals surface area contributed by atoms with Crippen molar-refractivity contribution in [2.45, 2.75) is 25.7 Å². The van der Waals surface area contributed by atoms with Crippen LogP contribution in [0, 0.1) is 0 Å². The highest BCUT2D eigenvalue weighted by Gasteiger charge is 2.22. The van der Waals surface area contributed by atoms with Crippen LogP contribution in [0.3, 0.4) is 0 Å². The maximum absolute atomic E-state index is 12.0. The van der Waals surface area contributed by atoms with Gasteiger partial charge in [0, 0.05) is 82.7 Å². The number of pyridine rings is 1. The minimum Gasteiger partial charge on any atom is -0.495 e. The molecule has 2 saturated heterocycles. The minimum atomic E-state index is -0.00524. The number of likely N-dealkylation sites (N-methyl/N-ethyl adjacent to an activating group) is 1. The Morgan fingerprint density at radius 3 is 2.24 bits per heavy atom. The summed E-state index contributed by atoms with van der Waals surface area (Å²) in [6, 6.07) is 3.62. The number of benzene rings is 1. The number of imidazole rings is 1. The van der Waals surface area contributed by atoms with Crippen LogP contribution in [0.5, 0.6) is 11.5 Å². The number of halogens is 2. The van der Waals surface area contributed by atoms with Crippen molar-refractivity contribution in [3.05, 3.63) is 52.9 Å². The first-order chi connectivity index (χ1) is 24.8. The number of ether oxygens (including phenoxy) is 2. The summed E-state index contributed by atoms with van der Waals surface area (Å²) in [4.78, 5) is 35.8. The number of carbonyl (C=O) groups is 1. The lowest BCUT2D eigenvalue weighted by Gasteiger charge is -2.34. The third-order valence-corrected chi connectivity index (χ3v) is 10.5. The van der Waals surface area contributed by atoms with Gasteiger partial charge in [-0.15, -0.1) is 0 Å². The number of rotatable bonds is 15. The van der Waals surface area contributed by atoms with Gasteiger partial charge in [-0.2, -0.15) is 4.98 Å². The van der Waals surface area contributed by atoms with E-state index in [0.717, 1.165) is 101 Å². The lowest BCUT2D eigenvalue weighted by atomic mass is 10.2. The zero-order valence-electron chi connectivity index (χ0n) is 29.8. The summed E-state index contributed by atoms with van der Waals surface area (Å²) >= 11 is 13.5. The molecule has 0 saturated carbocycles. The molecule has 0 unspecified atom stereocenters. The van der Waals surface area contributed by atoms with Gasteiger partial charge in [0.25, 0.3) is 0 Å². The average Bonchev–Trinajstić information content (AvgIpc) is 3.59. The Hall–Kier alpha value is -3.88. The van der Waals surface area contributed by atoms with Crippen molar-refractivity contribution in [2.75, 3.05) is 104 Å². The molecule has 274 valence electrons. The molecule has 2 aliphatic heterocycles. The SMILES string of the molecule is C=CC(=O)N1CCN(CCCc2cn3c(n2)c(Nc2c(Cl)c(OC)cc(OC)c2Cl)cc2cnc(NCCCCN4CCN(C)CC4)nc23)CC1. The molecule has 2 aliphatic rings. The standard InChI is InChI=1S/C36H48Cl2N10O3/c1-5-30(49)47-19-17-46(18-20-47)12-8-9-26-24-48-34-25(23-40-36(43-34)39-10-6-7-11-45-15-13-44(2)14-16-45)21-27(35(48)41-26)42-33-31(37)28(50-3)22-29(51-4)32(33)38/h5,21-24,42H,1,6-20H2,2-4H3,(H,39,40,43). The van der Waals surface area contributed by atoms with Crippen molar-refractivity contribution in [3.63, 3.8) is 0 Å². The molecule has 1 aromatic carbocycles. The largest absolute Gasteiger partial charge is 0.495 e. The fourth-order valence-electron chi connectivity index (χ4n) is 6.64. The number of aromatic nitrogens is 4. The smallest absolute Gasteiger partial charge is 0.246 e. The quantitative estimate of drug-likeness (QED) is 0.126. The molecule has 1 amide bonds. The Kier molecular flexibility index (Phi) is 12.4. The Balaban J connectivity index is 1.21. The number of unbranched alkanes of at least 4 members (excludes halogenated alkanes) is 1. The maximum atomic E-state index is 12.0. The van der Waals surface area contributed by atoms with Gasteiger partial charge in [-0.3, -0.25) is 14.1 Å². The van der Waals surface area contributed by atoms with Gasteiger partial charge in [-0.05, 0) is 58.0 Å². The first-order valence-corrected chi connectivity index (χ1v) is 18.4. The molecule has 0 radical (unpaired) electrons. The molecule has 13 nitrogen and oxygen atoms in total. The Morgan fingerprint density at radius 2 is 1.57 bits per heavy atom. The van der Waals surface area contributed by atoms with Crippen molar-refractivity contribution >= 4 is 63.1 Å². The van der Waals surface area contributed by atoms with Gasteiger partial charge in [0.15, 0.2) is 11.3 Å². The number of piperazine rings is 2. The molecule has 0 spiro atoms. The van der Waals surface area contributed by atoms with Gasteiger partial charge in [-0.1, -0.05) is 29.8 Å². The van der Waals surface area contributed by atoms with Gasteiger partial charge in [0.1, 0.15) is 21.5 Å². The van der Waals surface area contributed by atoms with E-state index in [0.29, 0.717) is 57.6 Å². The molecule has 0 aliphatic carbocycles. The number of aryl methyl sites for hydroxylation is 1. The Morgan fingerprint density at radius 1 is 0.902 bits per heavy atom. The molecular weight excluding hydrogens is 691 g/mol. The summed E-state index contributed by atoms with van der Waals surface area (Å²) in [5, 5.41) is 8.33. The van der Waals surface area contributed by atoms with Crippen LogP contribution in [0.15, 0.2) is 37.2 Å². The molecule has 0 bridgehead atoms. The molecule has 4 aromatic rings. The third kappa shape index (κ3) is 8.78. The van der Waals surface area contributed by atoms with Crippen molar-refractivity contribution in [1.29, 1.82) is 0 Å². The molecule has 3 aromatic heterocycles. The highest BCUT2D eigenvalue weighted by Crippen LogP contribution is 2.45. The zero-order valence-corrected chi connectivity index (χ0v) is 31.3. The number of hydrogen-bond donors (Lipinski definition) is 2. The summed E-state index contributed by atoms with van der Waals surface area (Å²) in [6.07, 6.45) is 9.10. The predicted molar refractivity (Wildman–Crippen MR) is 204 cm³/mol. The first kappa shape index (κ1) is 36.9. The van der Waals surface area contributed by atoms with Gasteiger partial charge in [-0.25, -0.2) is 9.97 Å². The summed E-state index contributed by atoms with van der Waals surface area (Å²) < 4.78 is 13.0. The molecule has 0 atom stereocenters. The first-order valence-electron chi connectivity index (χ1n) is 17.6. The number of hydrogen-bond acceptors (Lipinski definition) is 11. The van der Waals surface area contributed by atoms with Crippen LogP contribution in [0.1, 0.15) is 25.0 Å². The van der Waals surface area contributed by atoms with Gasteiger partial charge >= 0.3 is 0 Å². The minimum absolute atomic E-state index is 0.00524. The highest BCUT2D eigenvalue weighted by molar-refractivity contribution is 6.41. The second-order valence-corrected chi connectivity index (χ2v) is 13.9. The molecule has 2 N–H and O–H groups in total. The Labute approximate surface area is 309 Å². The van der Waals surface area contributed by atoms with E-state index in [1.165, 1.54) is 6.08 Å². The normalized spacial score (nSPS) is 16.1. The van der Waals surface area contributed by atoms with Crippen molar-refractivity contribution < 1.29 is 14.3 Å². The number of anilines is 3. The molecule has 15 heteroatoms. The summed E-state index contributed by atoms with van der Waals surface area (Å²) in [6.45, 7) is 14.1. The summed E-state index contributed by atoms with van der Waals surface area (Å²) in [5.74, 6) is 1.43. The fourth-order valence-corrected chi connectivity index (χ4v) is 7.24. The molecule has 51 heavy (non-hydrogen) atoms. The molecule has 2 fully saturated rings. The number of nitrogens with one attached hydrogen (secondary N) is 2. The van der Waals surface area contributed by atoms with E-state index in [9.17, 15) is 4.79 Å². The summed E-state index contributed by atoms with van der Waals surface area (Å²) in [7, 11) is 5.28. The summed E-state index contributed by atoms with van der Waals surface area (Å²) in [5.41, 5.74) is 3.49. The molecule has 6 rings (SSSR count). The second-order valence-electron chi connectivity index (χ2n) is 13.1. The zero-order chi connectivity index (χ0) is 35.9. The Bertz CT molecular complexity index is 1810. The molecule has 5 heterocycles. The van der Waals surface area contributed by atoms with Crippen LogP contribution < -0.4 is 20.1 Å². The third-order valence-electron chi connectivity index (χ3n) is 9.70. The van der Waals surface area contributed by atoms with Crippen molar-refractivity contribution in [1.82, 2.24) is 39.0 Å². The number of methoxy groups -OCH3 is 2. The van der Waals surface area contributed by atoms with Gasteiger partial charge < -0.3 is 34.8 Å². The van der Waals surface area contributed by atoms with Crippen LogP contribution in [-0.4, -0.2) is 138 Å². The fraction of sp³-hybridized carbons (Fsp3) is 0.500. The van der Waals surface area contributed by atoms with Crippen LogP contribution in [0.2, 0.25) is 10.0 Å². The monoisotopic (exact) mass is 738 g/mol. The predicted octanol–water partition coefficient (Wildman–Crippen LogP) is 5.05. The maximum Gasteiger partial charge on any atom is 0.246 e. The number of fused-ring (bicyclic) bond motifs is 3. The van der Waals surface area contributed by atoms with Crippen molar-refractivity contribution in [3.8, 4) is 11.5 Å². The topological polar surface area (TPSA) is 116 Å². The van der Waals surface area contributed by atoms with E-state index in [4.69, 9.17) is 42.6 Å². The van der Waals surface area contributed by atoms with Gasteiger partial charge in [0.2, 0.25) is 11.9 Å². The number of amides is 1. The average molecular weight is 740 g/mol. The van der Waals surface area contributed by atoms with E-state index in [1.54, 1.807) is 20.3 Å². The lowest BCUT2D eigenvalue weighted by Crippen LogP contribution is -2.48. The second kappa shape index (κ2) is 17.1. The van der Waals surface area contributed by atoms with E-state index in [1.807, 2.05) is 27.8 Å². The molecular formula is C36H48Cl2N10O3. The van der Waals surface area contributed by atoms with E-state index >= 15 is 0 Å². The van der Waals surface area contributed by atoms with E-state index in [-0.39, 0.29) is 5.91 Å². The highest BCUT2D eigenvalue weighted by atomic mass is 35.5. The van der Waals surface area contributed by atoms with Crippen LogP contribution in [0.4, 0.5) is 17.3 Å².